The van der Waals surface area contributed by atoms with Crippen LogP contribution in [0, 0.1) is 0 Å². The maximum atomic E-state index is 11.6. The summed E-state index contributed by atoms with van der Waals surface area (Å²) in [5, 5.41) is 4.16. The fourth-order valence-corrected chi connectivity index (χ4v) is 3.53. The van der Waals surface area contributed by atoms with Crippen molar-refractivity contribution in [2.45, 2.75) is 42.9 Å². The highest BCUT2D eigenvalue weighted by Gasteiger charge is 2.31. The van der Waals surface area contributed by atoms with E-state index in [1.165, 1.54) is 0 Å². The van der Waals surface area contributed by atoms with Crippen LogP contribution in [-0.4, -0.2) is 23.2 Å². The summed E-state index contributed by atoms with van der Waals surface area (Å²) >= 11 is 7.66. The average Bonchev–Trinajstić information content (AvgIpc) is 2.28. The lowest BCUT2D eigenvalue weighted by atomic mass is 9.95. The van der Waals surface area contributed by atoms with Crippen molar-refractivity contribution in [2.75, 3.05) is 6.54 Å². The number of carbonyl (C=O) groups excluding carboxylic acids is 1. The first-order valence-corrected chi connectivity index (χ1v) is 7.60. The number of primary amides is 1. The van der Waals surface area contributed by atoms with Gasteiger partial charge in [-0.05, 0) is 38.1 Å². The van der Waals surface area contributed by atoms with E-state index in [-0.39, 0.29) is 11.2 Å². The lowest BCUT2D eigenvalue weighted by molar-refractivity contribution is -0.124. The summed E-state index contributed by atoms with van der Waals surface area (Å²) in [7, 11) is 0. The highest BCUT2D eigenvalue weighted by molar-refractivity contribution is 8.00. The Morgan fingerprint density at radius 2 is 2.26 bits per heavy atom. The van der Waals surface area contributed by atoms with Gasteiger partial charge in [0.1, 0.15) is 0 Å². The van der Waals surface area contributed by atoms with Gasteiger partial charge in [0, 0.05) is 15.2 Å². The lowest BCUT2D eigenvalue weighted by Gasteiger charge is -2.29. The minimum Gasteiger partial charge on any atom is -0.368 e. The number of nitrogens with one attached hydrogen (secondary N) is 1. The molecule has 0 aliphatic heterocycles. The SMILES string of the molecule is CCNC(C)(CC(C)Sc1cccc(Cl)c1)C(N)=O. The van der Waals surface area contributed by atoms with Crippen LogP contribution in [-0.2, 0) is 4.79 Å². The Morgan fingerprint density at radius 1 is 1.58 bits per heavy atom. The molecule has 0 radical (unpaired) electrons. The third kappa shape index (κ3) is 5.05. The Kier molecular flexibility index (Phi) is 6.17. The third-order valence-corrected chi connectivity index (χ3v) is 4.27. The van der Waals surface area contributed by atoms with Gasteiger partial charge < -0.3 is 11.1 Å². The molecular weight excluding hydrogens is 280 g/mol. The van der Waals surface area contributed by atoms with Gasteiger partial charge in [0.2, 0.25) is 5.91 Å². The van der Waals surface area contributed by atoms with Crippen molar-refractivity contribution in [3.8, 4) is 0 Å². The van der Waals surface area contributed by atoms with Crippen molar-refractivity contribution in [3.63, 3.8) is 0 Å². The first-order chi connectivity index (χ1) is 8.87. The zero-order chi connectivity index (χ0) is 14.5. The Hall–Kier alpha value is -0.710. The number of thioether (sulfide) groups is 1. The van der Waals surface area contributed by atoms with Gasteiger partial charge in [0.05, 0.1) is 5.54 Å². The Labute approximate surface area is 124 Å². The third-order valence-electron chi connectivity index (χ3n) is 2.94. The van der Waals surface area contributed by atoms with E-state index in [1.807, 2.05) is 38.1 Å². The van der Waals surface area contributed by atoms with Crippen LogP contribution in [0.15, 0.2) is 29.2 Å². The molecule has 1 rings (SSSR count). The first-order valence-electron chi connectivity index (χ1n) is 6.34. The Morgan fingerprint density at radius 3 is 2.79 bits per heavy atom. The van der Waals surface area contributed by atoms with Crippen molar-refractivity contribution >= 4 is 29.3 Å². The summed E-state index contributed by atoms with van der Waals surface area (Å²) in [6, 6.07) is 7.72. The van der Waals surface area contributed by atoms with E-state index in [2.05, 4.69) is 12.2 Å². The Balaban J connectivity index is 2.68. The van der Waals surface area contributed by atoms with E-state index in [1.54, 1.807) is 11.8 Å². The molecule has 106 valence electrons. The molecule has 0 aliphatic rings. The second-order valence-electron chi connectivity index (χ2n) is 4.82. The highest BCUT2D eigenvalue weighted by Crippen LogP contribution is 2.30. The molecule has 0 spiro atoms. The molecule has 3 N–H and O–H groups in total. The van der Waals surface area contributed by atoms with E-state index >= 15 is 0 Å². The zero-order valence-electron chi connectivity index (χ0n) is 11.6. The summed E-state index contributed by atoms with van der Waals surface area (Å²) in [6.07, 6.45) is 0.674. The van der Waals surface area contributed by atoms with Crippen LogP contribution in [0.1, 0.15) is 27.2 Å². The summed E-state index contributed by atoms with van der Waals surface area (Å²) in [4.78, 5) is 12.7. The lowest BCUT2D eigenvalue weighted by Crippen LogP contribution is -2.54. The molecule has 0 bridgehead atoms. The number of hydrogen-bond donors (Lipinski definition) is 2. The van der Waals surface area contributed by atoms with Gasteiger partial charge in [0.25, 0.3) is 0 Å². The van der Waals surface area contributed by atoms with Crippen LogP contribution in [0.4, 0.5) is 0 Å². The molecule has 0 fully saturated rings. The zero-order valence-corrected chi connectivity index (χ0v) is 13.1. The summed E-state index contributed by atoms with van der Waals surface area (Å²) < 4.78 is 0. The molecule has 0 heterocycles. The molecule has 1 aromatic rings. The quantitative estimate of drug-likeness (QED) is 0.761. The van der Waals surface area contributed by atoms with E-state index < -0.39 is 5.54 Å². The van der Waals surface area contributed by atoms with E-state index in [0.717, 1.165) is 9.92 Å². The van der Waals surface area contributed by atoms with E-state index in [0.29, 0.717) is 13.0 Å². The number of hydrogen-bond acceptors (Lipinski definition) is 3. The largest absolute Gasteiger partial charge is 0.368 e. The predicted octanol–water partition coefficient (Wildman–Crippen LogP) is 3.06. The van der Waals surface area contributed by atoms with Crippen LogP contribution in [0.25, 0.3) is 0 Å². The van der Waals surface area contributed by atoms with E-state index in [9.17, 15) is 4.79 Å². The van der Waals surface area contributed by atoms with Gasteiger partial charge in [-0.1, -0.05) is 31.5 Å². The summed E-state index contributed by atoms with van der Waals surface area (Å²) in [5.74, 6) is -0.312. The van der Waals surface area contributed by atoms with E-state index in [4.69, 9.17) is 17.3 Å². The highest BCUT2D eigenvalue weighted by atomic mass is 35.5. The van der Waals surface area contributed by atoms with Gasteiger partial charge >= 0.3 is 0 Å². The van der Waals surface area contributed by atoms with Gasteiger partial charge in [0.15, 0.2) is 0 Å². The van der Waals surface area contributed by atoms with Crippen LogP contribution in [0.3, 0.4) is 0 Å². The molecule has 1 amide bonds. The summed E-state index contributed by atoms with van der Waals surface area (Å²) in [6.45, 7) is 6.63. The summed E-state index contributed by atoms with van der Waals surface area (Å²) in [5.41, 5.74) is 4.82. The second kappa shape index (κ2) is 7.17. The van der Waals surface area contributed by atoms with Crippen molar-refractivity contribution in [3.05, 3.63) is 29.3 Å². The minimum absolute atomic E-state index is 0.259. The minimum atomic E-state index is -0.667. The number of halogens is 1. The second-order valence-corrected chi connectivity index (χ2v) is 6.76. The molecule has 5 heteroatoms. The molecule has 2 unspecified atom stereocenters. The fourth-order valence-electron chi connectivity index (χ4n) is 2.04. The van der Waals surface area contributed by atoms with Gasteiger partial charge in [-0.15, -0.1) is 11.8 Å². The molecule has 19 heavy (non-hydrogen) atoms. The topological polar surface area (TPSA) is 55.1 Å². The number of benzene rings is 1. The van der Waals surface area contributed by atoms with Crippen molar-refractivity contribution < 1.29 is 4.79 Å². The fraction of sp³-hybridized carbons (Fsp3) is 0.500. The normalized spacial score (nSPS) is 15.8. The molecule has 0 saturated carbocycles. The smallest absolute Gasteiger partial charge is 0.237 e. The molecule has 0 aromatic heterocycles. The number of carbonyl (C=O) groups is 1. The molecule has 0 saturated heterocycles. The monoisotopic (exact) mass is 300 g/mol. The Bertz CT molecular complexity index is 441. The standard InChI is InChI=1S/C14H21ClN2OS/c1-4-17-14(3,13(16)18)9-10(2)19-12-7-5-6-11(15)8-12/h5-8,10,17H,4,9H2,1-3H3,(H2,16,18). The van der Waals surface area contributed by atoms with Gasteiger partial charge in [-0.2, -0.15) is 0 Å². The molecule has 0 aliphatic carbocycles. The maximum Gasteiger partial charge on any atom is 0.237 e. The number of nitrogens with two attached hydrogens (primary N) is 1. The van der Waals surface area contributed by atoms with Crippen LogP contribution >= 0.6 is 23.4 Å². The van der Waals surface area contributed by atoms with Gasteiger partial charge in [-0.25, -0.2) is 0 Å². The molecule has 2 atom stereocenters. The number of likely N-dealkylation sites (N-methyl/N-ethyl adjacent to an activating group) is 1. The van der Waals surface area contributed by atoms with Crippen molar-refractivity contribution in [1.82, 2.24) is 5.32 Å². The van der Waals surface area contributed by atoms with Crippen LogP contribution in [0.2, 0.25) is 5.02 Å². The van der Waals surface area contributed by atoms with Crippen molar-refractivity contribution in [2.24, 2.45) is 5.73 Å². The number of amides is 1. The van der Waals surface area contributed by atoms with Crippen LogP contribution < -0.4 is 11.1 Å². The first kappa shape index (κ1) is 16.3. The van der Waals surface area contributed by atoms with Crippen molar-refractivity contribution in [1.29, 1.82) is 0 Å². The molecule has 1 aromatic carbocycles. The molecule has 3 nitrogen and oxygen atoms in total. The number of rotatable bonds is 7. The van der Waals surface area contributed by atoms with Crippen LogP contribution in [0.5, 0.6) is 0 Å². The van der Waals surface area contributed by atoms with Gasteiger partial charge in [-0.3, -0.25) is 4.79 Å². The molecular formula is C14H21ClN2OS. The maximum absolute atomic E-state index is 11.6. The average molecular weight is 301 g/mol. The predicted molar refractivity (Wildman–Crippen MR) is 82.7 cm³/mol.